The Bertz CT molecular complexity index is 754. The average Bonchev–Trinajstić information content (AvgIpc) is 2.95. The Labute approximate surface area is 138 Å². The molecule has 1 aliphatic heterocycles. The first-order valence-corrected chi connectivity index (χ1v) is 8.47. The number of thiophene rings is 1. The first-order chi connectivity index (χ1) is 10.6. The molecule has 0 aromatic carbocycles. The maximum absolute atomic E-state index is 12.2. The van der Waals surface area contributed by atoms with Gasteiger partial charge in [-0.15, -0.1) is 11.3 Å². The molecular formula is C13H11BrN4O3S. The van der Waals surface area contributed by atoms with Crippen LogP contribution in [0.5, 0.6) is 0 Å². The van der Waals surface area contributed by atoms with Gasteiger partial charge in [0.1, 0.15) is 13.1 Å². The standard InChI is InChI=1S/C13H11BrN4O3S/c14-7-3-9(22-6-7)12-15-10(21-16-12)4-18-11(19)5-17(13(18)20)8-1-2-8/h3,6,8H,1-2,4-5H2. The maximum atomic E-state index is 12.2. The highest BCUT2D eigenvalue weighted by atomic mass is 79.9. The van der Waals surface area contributed by atoms with Gasteiger partial charge in [-0.25, -0.2) is 4.79 Å². The Kier molecular flexibility index (Phi) is 3.26. The monoisotopic (exact) mass is 382 g/mol. The quantitative estimate of drug-likeness (QED) is 0.758. The number of rotatable bonds is 4. The van der Waals surface area contributed by atoms with Gasteiger partial charge in [0.05, 0.1) is 4.88 Å². The van der Waals surface area contributed by atoms with Gasteiger partial charge in [-0.2, -0.15) is 4.98 Å². The number of halogens is 1. The maximum Gasteiger partial charge on any atom is 0.327 e. The van der Waals surface area contributed by atoms with E-state index in [1.165, 1.54) is 16.2 Å². The topological polar surface area (TPSA) is 79.5 Å². The van der Waals surface area contributed by atoms with Crippen molar-refractivity contribution in [3.63, 3.8) is 0 Å². The molecule has 7 nitrogen and oxygen atoms in total. The van der Waals surface area contributed by atoms with Crippen LogP contribution in [0.4, 0.5) is 4.79 Å². The molecule has 1 saturated heterocycles. The Morgan fingerprint density at radius 1 is 1.41 bits per heavy atom. The highest BCUT2D eigenvalue weighted by Gasteiger charge is 2.44. The summed E-state index contributed by atoms with van der Waals surface area (Å²) < 4.78 is 6.11. The molecule has 0 bridgehead atoms. The van der Waals surface area contributed by atoms with Crippen LogP contribution in [-0.4, -0.2) is 44.5 Å². The molecule has 1 saturated carbocycles. The van der Waals surface area contributed by atoms with E-state index in [0.29, 0.717) is 5.82 Å². The molecule has 0 radical (unpaired) electrons. The van der Waals surface area contributed by atoms with Crippen LogP contribution in [0.25, 0.3) is 10.7 Å². The minimum Gasteiger partial charge on any atom is -0.337 e. The minimum absolute atomic E-state index is 0.0282. The summed E-state index contributed by atoms with van der Waals surface area (Å²) in [7, 11) is 0. The van der Waals surface area contributed by atoms with Gasteiger partial charge < -0.3 is 9.42 Å². The fraction of sp³-hybridized carbons (Fsp3) is 0.385. The van der Waals surface area contributed by atoms with Crippen molar-refractivity contribution in [2.75, 3.05) is 6.54 Å². The molecule has 2 aromatic rings. The molecule has 2 aromatic heterocycles. The van der Waals surface area contributed by atoms with Crippen molar-refractivity contribution < 1.29 is 14.1 Å². The molecule has 2 aliphatic rings. The summed E-state index contributed by atoms with van der Waals surface area (Å²) in [5.41, 5.74) is 0. The van der Waals surface area contributed by atoms with E-state index in [9.17, 15) is 9.59 Å². The van der Waals surface area contributed by atoms with Crippen LogP contribution in [0, 0.1) is 0 Å². The lowest BCUT2D eigenvalue weighted by Gasteiger charge is -2.14. The molecule has 0 N–H and O–H groups in total. The average molecular weight is 383 g/mol. The predicted octanol–water partition coefficient (Wildman–Crippen LogP) is 2.49. The molecule has 0 unspecified atom stereocenters. The van der Waals surface area contributed by atoms with Gasteiger partial charge in [0.2, 0.25) is 11.7 Å². The molecule has 3 amide bonds. The molecule has 1 aliphatic carbocycles. The van der Waals surface area contributed by atoms with Crippen molar-refractivity contribution in [3.8, 4) is 10.7 Å². The zero-order valence-electron chi connectivity index (χ0n) is 11.4. The Balaban J connectivity index is 1.50. The van der Waals surface area contributed by atoms with Crippen LogP contribution in [0.3, 0.4) is 0 Å². The fourth-order valence-electron chi connectivity index (χ4n) is 2.37. The first kappa shape index (κ1) is 13.9. The number of hydrogen-bond donors (Lipinski definition) is 0. The fourth-order valence-corrected chi connectivity index (χ4v) is 3.72. The van der Waals surface area contributed by atoms with Gasteiger partial charge in [0.15, 0.2) is 0 Å². The van der Waals surface area contributed by atoms with E-state index in [4.69, 9.17) is 4.52 Å². The minimum atomic E-state index is -0.258. The van der Waals surface area contributed by atoms with Crippen molar-refractivity contribution in [1.29, 1.82) is 0 Å². The number of carbonyl (C=O) groups is 2. The number of nitrogens with zero attached hydrogens (tertiary/aromatic N) is 4. The zero-order valence-corrected chi connectivity index (χ0v) is 13.8. The lowest BCUT2D eigenvalue weighted by molar-refractivity contribution is -0.126. The van der Waals surface area contributed by atoms with Gasteiger partial charge in [-0.05, 0) is 34.8 Å². The zero-order chi connectivity index (χ0) is 15.3. The smallest absolute Gasteiger partial charge is 0.327 e. The summed E-state index contributed by atoms with van der Waals surface area (Å²) in [5, 5.41) is 5.82. The summed E-state index contributed by atoms with van der Waals surface area (Å²) >= 11 is 4.85. The largest absolute Gasteiger partial charge is 0.337 e. The van der Waals surface area contributed by atoms with E-state index < -0.39 is 0 Å². The van der Waals surface area contributed by atoms with Crippen molar-refractivity contribution in [2.24, 2.45) is 0 Å². The third-order valence-electron chi connectivity index (χ3n) is 3.62. The van der Waals surface area contributed by atoms with E-state index in [1.54, 1.807) is 4.90 Å². The summed E-state index contributed by atoms with van der Waals surface area (Å²) in [6.07, 6.45) is 1.95. The lowest BCUT2D eigenvalue weighted by atomic mass is 10.4. The summed E-state index contributed by atoms with van der Waals surface area (Å²) in [4.78, 5) is 32.1. The molecule has 22 heavy (non-hydrogen) atoms. The second kappa shape index (κ2) is 5.17. The van der Waals surface area contributed by atoms with Crippen molar-refractivity contribution in [1.82, 2.24) is 19.9 Å². The van der Waals surface area contributed by atoms with Gasteiger partial charge >= 0.3 is 6.03 Å². The van der Waals surface area contributed by atoms with E-state index in [-0.39, 0.29) is 37.0 Å². The predicted molar refractivity (Wildman–Crippen MR) is 81.0 cm³/mol. The normalized spacial score (nSPS) is 18.6. The van der Waals surface area contributed by atoms with Crippen LogP contribution in [0.1, 0.15) is 18.7 Å². The highest BCUT2D eigenvalue weighted by molar-refractivity contribution is 9.10. The molecule has 0 atom stereocenters. The molecular weight excluding hydrogens is 372 g/mol. The SMILES string of the molecule is O=C1CN(C2CC2)C(=O)N1Cc1nc(-c2cc(Br)cs2)no1. The van der Waals surface area contributed by atoms with Crippen LogP contribution in [0.15, 0.2) is 20.4 Å². The summed E-state index contributed by atoms with van der Waals surface area (Å²) in [6, 6.07) is 1.86. The molecule has 4 rings (SSSR count). The Hall–Kier alpha value is -1.74. The van der Waals surface area contributed by atoms with Gasteiger partial charge in [-0.3, -0.25) is 9.69 Å². The summed E-state index contributed by atoms with van der Waals surface area (Å²) in [5.74, 6) is 0.512. The lowest BCUT2D eigenvalue weighted by Crippen LogP contribution is -2.33. The van der Waals surface area contributed by atoms with Crippen LogP contribution in [-0.2, 0) is 11.3 Å². The number of hydrogen-bond acceptors (Lipinski definition) is 6. The number of amides is 3. The third-order valence-corrected chi connectivity index (χ3v) is 5.31. The number of carbonyl (C=O) groups excluding carboxylic acids is 2. The van der Waals surface area contributed by atoms with Gasteiger partial charge in [-0.1, -0.05) is 5.16 Å². The van der Waals surface area contributed by atoms with E-state index >= 15 is 0 Å². The molecule has 114 valence electrons. The van der Waals surface area contributed by atoms with E-state index in [0.717, 1.165) is 22.2 Å². The van der Waals surface area contributed by atoms with Crippen molar-refractivity contribution in [3.05, 3.63) is 21.8 Å². The van der Waals surface area contributed by atoms with Crippen molar-refractivity contribution >= 4 is 39.2 Å². The third kappa shape index (κ3) is 2.44. The second-order valence-corrected chi connectivity index (χ2v) is 7.09. The first-order valence-electron chi connectivity index (χ1n) is 6.80. The Morgan fingerprint density at radius 3 is 2.91 bits per heavy atom. The van der Waals surface area contributed by atoms with Gasteiger partial charge in [0, 0.05) is 15.9 Å². The Morgan fingerprint density at radius 2 is 2.23 bits per heavy atom. The second-order valence-electron chi connectivity index (χ2n) is 5.26. The number of urea groups is 1. The summed E-state index contributed by atoms with van der Waals surface area (Å²) in [6.45, 7) is 0.183. The van der Waals surface area contributed by atoms with Crippen molar-refractivity contribution in [2.45, 2.75) is 25.4 Å². The van der Waals surface area contributed by atoms with Crippen LogP contribution >= 0.6 is 27.3 Å². The molecule has 3 heterocycles. The van der Waals surface area contributed by atoms with E-state index in [1.807, 2.05) is 11.4 Å². The van der Waals surface area contributed by atoms with Gasteiger partial charge in [0.25, 0.3) is 5.91 Å². The molecule has 0 spiro atoms. The number of aromatic nitrogens is 2. The number of imide groups is 1. The molecule has 9 heteroatoms. The van der Waals surface area contributed by atoms with E-state index in [2.05, 4.69) is 26.1 Å². The molecule has 2 fully saturated rings. The van der Waals surface area contributed by atoms with Crippen LogP contribution in [0.2, 0.25) is 0 Å². The highest BCUT2D eigenvalue weighted by Crippen LogP contribution is 2.31. The van der Waals surface area contributed by atoms with Crippen LogP contribution < -0.4 is 0 Å².